The topological polar surface area (TPSA) is 12.5 Å². The molecule has 1 aromatic carbocycles. The van der Waals surface area contributed by atoms with Crippen LogP contribution >= 0.6 is 27.9 Å². The lowest BCUT2D eigenvalue weighted by Crippen LogP contribution is -2.15. The zero-order valence-electron chi connectivity index (χ0n) is 9.15. The highest BCUT2D eigenvalue weighted by atomic mass is 79.9. The van der Waals surface area contributed by atoms with Gasteiger partial charge in [-0.2, -0.15) is 0 Å². The van der Waals surface area contributed by atoms with Crippen LogP contribution in [0.15, 0.2) is 35.4 Å². The highest BCUT2D eigenvalue weighted by Crippen LogP contribution is 2.36. The Bertz CT molecular complexity index is 394. The van der Waals surface area contributed by atoms with E-state index in [0.29, 0.717) is 0 Å². The first-order valence-corrected chi connectivity index (χ1v) is 7.10. The van der Waals surface area contributed by atoms with E-state index >= 15 is 0 Å². The van der Waals surface area contributed by atoms with Crippen molar-refractivity contribution >= 4 is 33.6 Å². The molecular weight excluding hydrogens is 286 g/mol. The Morgan fingerprint density at radius 3 is 2.94 bits per heavy atom. The highest BCUT2D eigenvalue weighted by molar-refractivity contribution is 9.09. The van der Waals surface area contributed by atoms with E-state index in [1.165, 1.54) is 10.5 Å². The maximum atomic E-state index is 5.42. The predicted molar refractivity (Wildman–Crippen MR) is 72.4 cm³/mol. The van der Waals surface area contributed by atoms with E-state index < -0.39 is 0 Å². The summed E-state index contributed by atoms with van der Waals surface area (Å²) in [5.41, 5.74) is 1.19. The smallest absolute Gasteiger partial charge is 0.144 e. The van der Waals surface area contributed by atoms with Gasteiger partial charge in [0, 0.05) is 22.3 Å². The quantitative estimate of drug-likeness (QED) is 0.621. The minimum absolute atomic E-state index is 0.948. The van der Waals surface area contributed by atoms with E-state index in [0.717, 1.165) is 24.1 Å². The fourth-order valence-corrected chi connectivity index (χ4v) is 2.87. The number of methoxy groups -OCH3 is 1. The van der Waals surface area contributed by atoms with Gasteiger partial charge in [0.1, 0.15) is 5.76 Å². The first kappa shape index (κ1) is 11.9. The second kappa shape index (κ2) is 5.64. The van der Waals surface area contributed by atoms with Gasteiger partial charge in [-0.25, -0.2) is 0 Å². The minimum atomic E-state index is 0.948. The summed E-state index contributed by atoms with van der Waals surface area (Å²) in [7, 11) is 1.72. The van der Waals surface area contributed by atoms with Crippen LogP contribution in [-0.4, -0.2) is 23.3 Å². The molecule has 0 saturated carbocycles. The summed E-state index contributed by atoms with van der Waals surface area (Å²) in [4.78, 5) is 1.26. The molecule has 0 fully saturated rings. The number of nitrogens with zero attached hydrogens (tertiary/aromatic N) is 1. The molecular formula is C12H14BrNOS. The Balaban J connectivity index is 2.21. The van der Waals surface area contributed by atoms with Crippen molar-refractivity contribution in [2.45, 2.75) is 11.3 Å². The van der Waals surface area contributed by atoms with Crippen LogP contribution in [-0.2, 0) is 4.74 Å². The van der Waals surface area contributed by atoms with E-state index in [4.69, 9.17) is 4.74 Å². The third kappa shape index (κ3) is 2.55. The number of alkyl halides is 1. The van der Waals surface area contributed by atoms with Gasteiger partial charge in [-0.15, -0.1) is 0 Å². The molecule has 1 heterocycles. The van der Waals surface area contributed by atoms with Crippen LogP contribution < -0.4 is 0 Å². The van der Waals surface area contributed by atoms with E-state index in [-0.39, 0.29) is 0 Å². The molecule has 0 aromatic heterocycles. The first-order valence-electron chi connectivity index (χ1n) is 5.21. The van der Waals surface area contributed by atoms with Crippen molar-refractivity contribution in [2.75, 3.05) is 19.0 Å². The lowest BCUT2D eigenvalue weighted by atomic mass is 10.2. The lowest BCUT2D eigenvalue weighted by Gasteiger charge is -2.26. The molecule has 0 atom stereocenters. The Morgan fingerprint density at radius 2 is 2.19 bits per heavy atom. The van der Waals surface area contributed by atoms with E-state index in [9.17, 15) is 0 Å². The molecule has 0 bridgehead atoms. The first-order chi connectivity index (χ1) is 7.85. The zero-order chi connectivity index (χ0) is 11.4. The predicted octanol–water partition coefficient (Wildman–Crippen LogP) is 3.74. The van der Waals surface area contributed by atoms with Gasteiger partial charge in [0.25, 0.3) is 0 Å². The molecule has 1 aromatic rings. The van der Waals surface area contributed by atoms with Gasteiger partial charge in [-0.1, -0.05) is 34.1 Å². The van der Waals surface area contributed by atoms with Crippen molar-refractivity contribution < 1.29 is 4.74 Å². The summed E-state index contributed by atoms with van der Waals surface area (Å²) in [6.45, 7) is 1.02. The Hall–Kier alpha value is -0.610. The van der Waals surface area contributed by atoms with Gasteiger partial charge in [0.2, 0.25) is 0 Å². The third-order valence-electron chi connectivity index (χ3n) is 2.36. The van der Waals surface area contributed by atoms with Crippen LogP contribution in [0.25, 0.3) is 5.76 Å². The van der Waals surface area contributed by atoms with E-state index in [1.807, 2.05) is 6.07 Å². The number of rotatable bonds is 4. The van der Waals surface area contributed by atoms with Gasteiger partial charge in [0.05, 0.1) is 13.3 Å². The van der Waals surface area contributed by atoms with Crippen LogP contribution in [0.2, 0.25) is 0 Å². The van der Waals surface area contributed by atoms with Crippen LogP contribution in [0.3, 0.4) is 0 Å². The summed E-state index contributed by atoms with van der Waals surface area (Å²) in [6, 6.07) is 8.33. The van der Waals surface area contributed by atoms with E-state index in [2.05, 4.69) is 44.6 Å². The van der Waals surface area contributed by atoms with Gasteiger partial charge >= 0.3 is 0 Å². The summed E-state index contributed by atoms with van der Waals surface area (Å²) < 4.78 is 7.65. The fourth-order valence-electron chi connectivity index (χ4n) is 1.59. The molecule has 0 unspecified atom stereocenters. The molecule has 0 spiro atoms. The number of halogens is 1. The fraction of sp³-hybridized carbons (Fsp3) is 0.333. The summed E-state index contributed by atoms with van der Waals surface area (Å²) in [6.07, 6.45) is 3.21. The average Bonchev–Trinajstić information content (AvgIpc) is 2.35. The minimum Gasteiger partial charge on any atom is -0.495 e. The Labute approximate surface area is 109 Å². The Morgan fingerprint density at radius 1 is 1.38 bits per heavy atom. The SMILES string of the molecule is COC1=CN(CCCBr)Sc2ccccc21. The summed E-state index contributed by atoms with van der Waals surface area (Å²) in [5, 5.41) is 1.03. The highest BCUT2D eigenvalue weighted by Gasteiger charge is 2.17. The number of hydrogen-bond acceptors (Lipinski definition) is 3. The third-order valence-corrected chi connectivity index (χ3v) is 4.00. The monoisotopic (exact) mass is 299 g/mol. The lowest BCUT2D eigenvalue weighted by molar-refractivity contribution is 0.361. The van der Waals surface area contributed by atoms with Gasteiger partial charge in [0.15, 0.2) is 0 Å². The van der Waals surface area contributed by atoms with E-state index in [1.54, 1.807) is 19.1 Å². The maximum absolute atomic E-state index is 5.42. The molecule has 4 heteroatoms. The molecule has 1 aliphatic heterocycles. The summed E-state index contributed by atoms with van der Waals surface area (Å²) in [5.74, 6) is 0.948. The van der Waals surface area contributed by atoms with Crippen LogP contribution in [0, 0.1) is 0 Å². The van der Waals surface area contributed by atoms with Crippen molar-refractivity contribution in [3.63, 3.8) is 0 Å². The van der Waals surface area contributed by atoms with Crippen molar-refractivity contribution in [3.8, 4) is 0 Å². The largest absolute Gasteiger partial charge is 0.495 e. The van der Waals surface area contributed by atoms with Gasteiger partial charge in [-0.3, -0.25) is 0 Å². The second-order valence-corrected chi connectivity index (χ2v) is 5.35. The van der Waals surface area contributed by atoms with Crippen LogP contribution in [0.4, 0.5) is 0 Å². The molecule has 0 radical (unpaired) electrons. The van der Waals surface area contributed by atoms with Crippen molar-refractivity contribution in [2.24, 2.45) is 0 Å². The molecule has 86 valence electrons. The Kier molecular flexibility index (Phi) is 4.18. The molecule has 1 aliphatic rings. The maximum Gasteiger partial charge on any atom is 0.144 e. The zero-order valence-corrected chi connectivity index (χ0v) is 11.6. The molecule has 0 amide bonds. The normalized spacial score (nSPS) is 14.4. The molecule has 0 saturated heterocycles. The molecule has 2 nitrogen and oxygen atoms in total. The second-order valence-electron chi connectivity index (χ2n) is 3.47. The van der Waals surface area contributed by atoms with Crippen molar-refractivity contribution in [1.82, 2.24) is 4.31 Å². The standard InChI is InChI=1S/C12H14BrNOS/c1-15-11-9-14(8-4-7-13)16-12-6-3-2-5-10(11)12/h2-3,5-6,9H,4,7-8H2,1H3. The molecule has 0 N–H and O–H groups in total. The van der Waals surface area contributed by atoms with Crippen LogP contribution in [0.5, 0.6) is 0 Å². The average molecular weight is 300 g/mol. The number of hydrogen-bond donors (Lipinski definition) is 0. The van der Waals surface area contributed by atoms with Crippen LogP contribution in [0.1, 0.15) is 12.0 Å². The van der Waals surface area contributed by atoms with Crippen molar-refractivity contribution in [1.29, 1.82) is 0 Å². The molecule has 16 heavy (non-hydrogen) atoms. The van der Waals surface area contributed by atoms with Gasteiger partial charge < -0.3 is 9.04 Å². The summed E-state index contributed by atoms with van der Waals surface area (Å²) >= 11 is 5.22. The number of fused-ring (bicyclic) bond motifs is 1. The molecule has 0 aliphatic carbocycles. The van der Waals surface area contributed by atoms with Crippen molar-refractivity contribution in [3.05, 3.63) is 36.0 Å². The number of ether oxygens (including phenoxy) is 1. The molecule has 2 rings (SSSR count). The van der Waals surface area contributed by atoms with Gasteiger partial charge in [-0.05, 0) is 24.4 Å². The number of benzene rings is 1.